The van der Waals surface area contributed by atoms with Crippen LogP contribution in [0.4, 0.5) is 20.6 Å². The molecule has 0 bridgehead atoms. The predicted molar refractivity (Wildman–Crippen MR) is 86.4 cm³/mol. The first kappa shape index (κ1) is 14.8. The largest absolute Gasteiger partial charge is 0.323 e. The van der Waals surface area contributed by atoms with Crippen molar-refractivity contribution in [3.63, 3.8) is 0 Å². The van der Waals surface area contributed by atoms with Gasteiger partial charge in [0, 0.05) is 18.1 Å². The number of hydrogen-bond donors (Lipinski definition) is 3. The van der Waals surface area contributed by atoms with Crippen LogP contribution in [0.3, 0.4) is 0 Å². The van der Waals surface area contributed by atoms with Gasteiger partial charge in [0.15, 0.2) is 0 Å². The van der Waals surface area contributed by atoms with Crippen molar-refractivity contribution in [2.75, 3.05) is 10.6 Å². The predicted octanol–water partition coefficient (Wildman–Crippen LogP) is 3.60. The third-order valence-corrected chi connectivity index (χ3v) is 3.45. The molecule has 0 radical (unpaired) electrons. The number of H-pyrrole nitrogens is 1. The van der Waals surface area contributed by atoms with Gasteiger partial charge in [0.05, 0.1) is 22.8 Å². The molecule has 3 rings (SSSR count). The number of nitrogens with one attached hydrogen (secondary N) is 3. The van der Waals surface area contributed by atoms with Crippen molar-refractivity contribution in [1.29, 1.82) is 0 Å². The van der Waals surface area contributed by atoms with Gasteiger partial charge < -0.3 is 15.2 Å². The lowest BCUT2D eigenvalue weighted by molar-refractivity contribution is 0.262. The maximum Gasteiger partial charge on any atom is 0.323 e. The Kier molecular flexibility index (Phi) is 3.84. The van der Waals surface area contributed by atoms with E-state index in [1.165, 1.54) is 12.1 Å². The van der Waals surface area contributed by atoms with Gasteiger partial charge in [-0.1, -0.05) is 0 Å². The maximum absolute atomic E-state index is 13.9. The second kappa shape index (κ2) is 5.96. The summed E-state index contributed by atoms with van der Waals surface area (Å²) < 4.78 is 15.6. The number of aryl methyl sites for hydroxylation is 2. The maximum atomic E-state index is 13.9. The molecule has 7 heteroatoms. The Morgan fingerprint density at radius 2 is 1.96 bits per heavy atom. The highest BCUT2D eigenvalue weighted by Gasteiger charge is 2.11. The molecule has 0 unspecified atom stereocenters. The Labute approximate surface area is 132 Å². The van der Waals surface area contributed by atoms with E-state index in [9.17, 15) is 9.18 Å². The molecule has 3 aromatic rings. The monoisotopic (exact) mass is 313 g/mol. The molecule has 2 aromatic heterocycles. The number of aromatic amines is 1. The van der Waals surface area contributed by atoms with Gasteiger partial charge in [-0.2, -0.15) is 5.10 Å². The van der Waals surface area contributed by atoms with E-state index in [0.717, 1.165) is 5.69 Å². The minimum atomic E-state index is -0.414. The van der Waals surface area contributed by atoms with Gasteiger partial charge in [-0.3, -0.25) is 5.10 Å². The summed E-state index contributed by atoms with van der Waals surface area (Å²) in [6, 6.07) is 7.59. The average molecular weight is 313 g/mol. The first-order valence-corrected chi connectivity index (χ1v) is 7.07. The standard InChI is InChI=1S/C16H16FN5O/c1-10-15(11(2)21-20-10)19-16(23)18-12-5-6-13(17)14(9-12)22-7-3-4-8-22/h3-9H,1-2H3,(H,20,21)(H2,18,19,23). The molecule has 0 fully saturated rings. The van der Waals surface area contributed by atoms with Crippen molar-refractivity contribution in [1.82, 2.24) is 14.8 Å². The third-order valence-electron chi connectivity index (χ3n) is 3.45. The highest BCUT2D eigenvalue weighted by atomic mass is 19.1. The molecule has 0 aliphatic carbocycles. The van der Waals surface area contributed by atoms with Gasteiger partial charge in [0.25, 0.3) is 0 Å². The number of halogens is 1. The highest BCUT2D eigenvalue weighted by molar-refractivity contribution is 6.00. The van der Waals surface area contributed by atoms with E-state index < -0.39 is 6.03 Å². The SMILES string of the molecule is Cc1n[nH]c(C)c1NC(=O)Nc1ccc(F)c(-n2cccc2)c1. The lowest BCUT2D eigenvalue weighted by atomic mass is 10.2. The smallest absolute Gasteiger partial charge is 0.321 e. The number of hydrogen-bond acceptors (Lipinski definition) is 2. The van der Waals surface area contributed by atoms with Gasteiger partial charge >= 0.3 is 6.03 Å². The Balaban J connectivity index is 1.78. The van der Waals surface area contributed by atoms with E-state index >= 15 is 0 Å². The van der Waals surface area contributed by atoms with E-state index in [-0.39, 0.29) is 5.82 Å². The van der Waals surface area contributed by atoms with E-state index in [4.69, 9.17) is 0 Å². The summed E-state index contributed by atoms with van der Waals surface area (Å²) in [5.74, 6) is -0.367. The number of aromatic nitrogens is 3. The van der Waals surface area contributed by atoms with Gasteiger partial charge in [-0.25, -0.2) is 9.18 Å². The average Bonchev–Trinajstić information content (AvgIpc) is 3.15. The van der Waals surface area contributed by atoms with Crippen LogP contribution in [0.25, 0.3) is 5.69 Å². The van der Waals surface area contributed by atoms with Crippen molar-refractivity contribution in [3.05, 3.63) is 59.9 Å². The van der Waals surface area contributed by atoms with Gasteiger partial charge in [-0.15, -0.1) is 0 Å². The van der Waals surface area contributed by atoms with E-state index in [1.54, 1.807) is 42.1 Å². The van der Waals surface area contributed by atoms with Crippen molar-refractivity contribution in [2.24, 2.45) is 0 Å². The quantitative estimate of drug-likeness (QED) is 0.691. The van der Waals surface area contributed by atoms with Gasteiger partial charge in [0.2, 0.25) is 0 Å². The molecule has 0 aliphatic heterocycles. The summed E-state index contributed by atoms with van der Waals surface area (Å²) >= 11 is 0. The molecule has 0 aliphatic rings. The molecule has 6 nitrogen and oxygen atoms in total. The number of carbonyl (C=O) groups is 1. The molecule has 0 saturated carbocycles. The van der Waals surface area contributed by atoms with Crippen molar-refractivity contribution in [3.8, 4) is 5.69 Å². The molecule has 2 heterocycles. The molecule has 1 aromatic carbocycles. The number of anilines is 2. The Hall–Kier alpha value is -3.09. The van der Waals surface area contributed by atoms with E-state index in [2.05, 4.69) is 20.8 Å². The van der Waals surface area contributed by atoms with Crippen LogP contribution in [0.2, 0.25) is 0 Å². The Morgan fingerprint density at radius 1 is 1.22 bits per heavy atom. The third kappa shape index (κ3) is 3.08. The van der Waals surface area contributed by atoms with Crippen molar-refractivity contribution in [2.45, 2.75) is 13.8 Å². The lowest BCUT2D eigenvalue weighted by Gasteiger charge is -2.10. The minimum absolute atomic E-state index is 0.364. The number of urea groups is 1. The second-order valence-corrected chi connectivity index (χ2v) is 5.14. The van der Waals surface area contributed by atoms with Crippen LogP contribution in [0.5, 0.6) is 0 Å². The van der Waals surface area contributed by atoms with Crippen LogP contribution in [0.1, 0.15) is 11.4 Å². The fourth-order valence-electron chi connectivity index (χ4n) is 2.29. The molecule has 23 heavy (non-hydrogen) atoms. The number of nitrogens with zero attached hydrogens (tertiary/aromatic N) is 2. The molecular formula is C16H16FN5O. The lowest BCUT2D eigenvalue weighted by Crippen LogP contribution is -2.20. The first-order chi connectivity index (χ1) is 11.0. The van der Waals surface area contributed by atoms with Crippen LogP contribution >= 0.6 is 0 Å². The molecule has 0 spiro atoms. The second-order valence-electron chi connectivity index (χ2n) is 5.14. The number of rotatable bonds is 3. The zero-order valence-corrected chi connectivity index (χ0v) is 12.7. The summed E-state index contributed by atoms with van der Waals surface area (Å²) in [5, 5.41) is 12.2. The van der Waals surface area contributed by atoms with Crippen LogP contribution < -0.4 is 10.6 Å². The highest BCUT2D eigenvalue weighted by Crippen LogP contribution is 2.20. The zero-order valence-electron chi connectivity index (χ0n) is 12.7. The van der Waals surface area contributed by atoms with Crippen LogP contribution in [-0.2, 0) is 0 Å². The van der Waals surface area contributed by atoms with Crippen LogP contribution in [0.15, 0.2) is 42.7 Å². The summed E-state index contributed by atoms with van der Waals surface area (Å²) in [4.78, 5) is 12.1. The molecular weight excluding hydrogens is 297 g/mol. The van der Waals surface area contributed by atoms with Crippen LogP contribution in [-0.4, -0.2) is 20.8 Å². The van der Waals surface area contributed by atoms with E-state index in [1.807, 2.05) is 6.92 Å². The summed E-state index contributed by atoms with van der Waals surface area (Å²) in [6.07, 6.45) is 3.47. The van der Waals surface area contributed by atoms with E-state index in [0.29, 0.717) is 22.8 Å². The fourth-order valence-corrected chi connectivity index (χ4v) is 2.29. The zero-order chi connectivity index (χ0) is 16.4. The van der Waals surface area contributed by atoms with Gasteiger partial charge in [-0.05, 0) is 44.2 Å². The summed E-state index contributed by atoms with van der Waals surface area (Å²) in [7, 11) is 0. The van der Waals surface area contributed by atoms with Crippen molar-refractivity contribution < 1.29 is 9.18 Å². The Bertz CT molecular complexity index is 819. The molecule has 0 atom stereocenters. The normalized spacial score (nSPS) is 10.6. The Morgan fingerprint density at radius 3 is 2.61 bits per heavy atom. The molecule has 0 saturated heterocycles. The topological polar surface area (TPSA) is 74.7 Å². The molecule has 2 amide bonds. The first-order valence-electron chi connectivity index (χ1n) is 7.07. The summed E-state index contributed by atoms with van der Waals surface area (Å²) in [6.45, 7) is 3.61. The fraction of sp³-hybridized carbons (Fsp3) is 0.125. The molecule has 3 N–H and O–H groups in total. The van der Waals surface area contributed by atoms with Crippen molar-refractivity contribution >= 4 is 17.4 Å². The number of carbonyl (C=O) groups excluding carboxylic acids is 1. The number of benzene rings is 1. The van der Waals surface area contributed by atoms with Crippen LogP contribution in [0, 0.1) is 19.7 Å². The minimum Gasteiger partial charge on any atom is -0.321 e. The molecule has 118 valence electrons. The number of amides is 2. The van der Waals surface area contributed by atoms with Gasteiger partial charge in [0.1, 0.15) is 5.82 Å². The summed E-state index contributed by atoms with van der Waals surface area (Å²) in [5.41, 5.74) is 2.96.